The van der Waals surface area contributed by atoms with Crippen molar-refractivity contribution in [1.29, 1.82) is 0 Å². The summed E-state index contributed by atoms with van der Waals surface area (Å²) in [5, 5.41) is 8.59. The fourth-order valence-corrected chi connectivity index (χ4v) is 1.66. The highest BCUT2D eigenvalue weighted by Gasteiger charge is 2.07. The maximum Gasteiger partial charge on any atom is 0.190 e. The Morgan fingerprint density at radius 2 is 1.76 bits per heavy atom. The molecule has 0 rings (SSSR count). The molecule has 4 heteroatoms. The predicted octanol–water partition coefficient (Wildman–Crippen LogP) is 3.55. The minimum atomic E-state index is -0.468. The topological polar surface area (TPSA) is 55.8 Å². The number of carbonyl (C=O) groups excluding carboxylic acids is 1. The Morgan fingerprint density at radius 1 is 1.12 bits per heavy atom. The molecule has 1 unspecified atom stereocenters. The lowest BCUT2D eigenvalue weighted by Gasteiger charge is -2.13. The normalized spacial score (nSPS) is 12.6. The van der Waals surface area contributed by atoms with E-state index in [2.05, 4.69) is 4.89 Å². The quantitative estimate of drug-likeness (QED) is 0.177. The fourth-order valence-electron chi connectivity index (χ4n) is 1.66. The van der Waals surface area contributed by atoms with Crippen molar-refractivity contribution in [3.8, 4) is 0 Å². The molecule has 0 saturated heterocycles. The second-order valence-corrected chi connectivity index (χ2v) is 4.27. The molecule has 0 saturated carbocycles. The first-order valence-corrected chi connectivity index (χ1v) is 6.70. The van der Waals surface area contributed by atoms with Gasteiger partial charge in [-0.2, -0.15) is 0 Å². The molecule has 1 atom stereocenters. The molecule has 102 valence electrons. The number of unbranched alkanes of at least 4 members (excludes halogenated alkanes) is 6. The number of aldehydes is 1. The minimum absolute atomic E-state index is 0.468. The second-order valence-electron chi connectivity index (χ2n) is 4.27. The lowest BCUT2D eigenvalue weighted by atomic mass is 10.1. The van der Waals surface area contributed by atoms with E-state index in [0.29, 0.717) is 13.0 Å². The van der Waals surface area contributed by atoms with Crippen LogP contribution >= 0.6 is 0 Å². The molecule has 0 heterocycles. The highest BCUT2D eigenvalue weighted by atomic mass is 17.1. The van der Waals surface area contributed by atoms with E-state index in [1.54, 1.807) is 0 Å². The van der Waals surface area contributed by atoms with Crippen LogP contribution in [0.5, 0.6) is 0 Å². The Balaban J connectivity index is 3.21. The SMILES string of the molecule is CCCOC(CCCCCCCCC=O)OO. The molecule has 0 aromatic heterocycles. The van der Waals surface area contributed by atoms with Crippen LogP contribution in [0.4, 0.5) is 0 Å². The Kier molecular flexibility index (Phi) is 13.3. The van der Waals surface area contributed by atoms with Crippen LogP contribution < -0.4 is 0 Å². The van der Waals surface area contributed by atoms with Crippen molar-refractivity contribution in [3.63, 3.8) is 0 Å². The van der Waals surface area contributed by atoms with Gasteiger partial charge in [-0.05, 0) is 19.3 Å². The minimum Gasteiger partial charge on any atom is -0.350 e. The molecule has 0 fully saturated rings. The highest BCUT2D eigenvalue weighted by Crippen LogP contribution is 2.11. The van der Waals surface area contributed by atoms with Gasteiger partial charge in [0.05, 0.1) is 0 Å². The molecule has 1 N–H and O–H groups in total. The average molecular weight is 246 g/mol. The van der Waals surface area contributed by atoms with Gasteiger partial charge in [0.25, 0.3) is 0 Å². The number of ether oxygens (including phenoxy) is 1. The van der Waals surface area contributed by atoms with Crippen molar-refractivity contribution in [2.45, 2.75) is 71.0 Å². The number of hydrogen-bond acceptors (Lipinski definition) is 4. The van der Waals surface area contributed by atoms with Crippen LogP contribution in [0.15, 0.2) is 0 Å². The molecule has 0 spiro atoms. The van der Waals surface area contributed by atoms with Crippen molar-refractivity contribution in [2.75, 3.05) is 6.61 Å². The van der Waals surface area contributed by atoms with Crippen molar-refractivity contribution in [3.05, 3.63) is 0 Å². The summed E-state index contributed by atoms with van der Waals surface area (Å²) in [5.74, 6) is 0. The molecule has 17 heavy (non-hydrogen) atoms. The monoisotopic (exact) mass is 246 g/mol. The zero-order chi connectivity index (χ0) is 12.8. The lowest BCUT2D eigenvalue weighted by Crippen LogP contribution is -2.15. The van der Waals surface area contributed by atoms with Gasteiger partial charge in [-0.25, -0.2) is 10.1 Å². The van der Waals surface area contributed by atoms with Crippen molar-refractivity contribution in [1.82, 2.24) is 0 Å². The summed E-state index contributed by atoms with van der Waals surface area (Å²) in [4.78, 5) is 14.3. The summed E-state index contributed by atoms with van der Waals surface area (Å²) >= 11 is 0. The van der Waals surface area contributed by atoms with E-state index in [-0.39, 0.29) is 0 Å². The standard InChI is InChI=1S/C13H26O4/c1-2-12-16-13(17-15)10-8-6-4-3-5-7-9-11-14/h11,13,15H,2-10,12H2,1H3. The average Bonchev–Trinajstić information content (AvgIpc) is 2.36. The molecular weight excluding hydrogens is 220 g/mol. The molecule has 0 aliphatic rings. The molecule has 4 nitrogen and oxygen atoms in total. The Morgan fingerprint density at radius 3 is 2.35 bits per heavy atom. The molecule has 0 aliphatic carbocycles. The lowest BCUT2D eigenvalue weighted by molar-refractivity contribution is -0.347. The van der Waals surface area contributed by atoms with E-state index in [9.17, 15) is 4.79 Å². The van der Waals surface area contributed by atoms with Gasteiger partial charge in [0.15, 0.2) is 6.29 Å². The summed E-state index contributed by atoms with van der Waals surface area (Å²) in [6, 6.07) is 0. The van der Waals surface area contributed by atoms with Gasteiger partial charge < -0.3 is 9.53 Å². The van der Waals surface area contributed by atoms with E-state index in [0.717, 1.165) is 44.8 Å². The third kappa shape index (κ3) is 11.8. The van der Waals surface area contributed by atoms with Crippen molar-refractivity contribution >= 4 is 6.29 Å². The smallest absolute Gasteiger partial charge is 0.190 e. The Bertz CT molecular complexity index is 161. The first-order valence-electron chi connectivity index (χ1n) is 6.70. The summed E-state index contributed by atoms with van der Waals surface area (Å²) in [6.07, 6.45) is 9.47. The third-order valence-electron chi connectivity index (χ3n) is 2.64. The van der Waals surface area contributed by atoms with Crippen molar-refractivity contribution < 1.29 is 19.7 Å². The molecular formula is C13H26O4. The Hall–Kier alpha value is -0.450. The number of carbonyl (C=O) groups is 1. The van der Waals surface area contributed by atoms with Crippen LogP contribution in [0.3, 0.4) is 0 Å². The van der Waals surface area contributed by atoms with E-state index >= 15 is 0 Å². The van der Waals surface area contributed by atoms with Crippen LogP contribution in [0.25, 0.3) is 0 Å². The van der Waals surface area contributed by atoms with Gasteiger partial charge >= 0.3 is 0 Å². The van der Waals surface area contributed by atoms with Crippen LogP contribution in [0, 0.1) is 0 Å². The molecule has 0 bridgehead atoms. The van der Waals surface area contributed by atoms with Gasteiger partial charge in [0.2, 0.25) is 0 Å². The summed E-state index contributed by atoms with van der Waals surface area (Å²) < 4.78 is 5.29. The third-order valence-corrected chi connectivity index (χ3v) is 2.64. The van der Waals surface area contributed by atoms with Crippen LogP contribution in [-0.2, 0) is 14.4 Å². The second kappa shape index (κ2) is 13.6. The first kappa shape index (κ1) is 16.6. The van der Waals surface area contributed by atoms with Crippen LogP contribution in [0.2, 0.25) is 0 Å². The molecule has 0 radical (unpaired) electrons. The summed E-state index contributed by atoms with van der Waals surface area (Å²) in [6.45, 7) is 2.64. The fraction of sp³-hybridized carbons (Fsp3) is 0.923. The molecule has 0 aliphatic heterocycles. The highest BCUT2D eigenvalue weighted by molar-refractivity contribution is 5.48. The van der Waals surface area contributed by atoms with Gasteiger partial charge in [-0.1, -0.05) is 32.6 Å². The van der Waals surface area contributed by atoms with Crippen LogP contribution in [0.1, 0.15) is 64.7 Å². The summed E-state index contributed by atoms with van der Waals surface area (Å²) in [5.41, 5.74) is 0. The molecule has 0 amide bonds. The first-order chi connectivity index (χ1) is 8.35. The van der Waals surface area contributed by atoms with Gasteiger partial charge in [0, 0.05) is 19.4 Å². The zero-order valence-corrected chi connectivity index (χ0v) is 10.9. The van der Waals surface area contributed by atoms with E-state index in [1.165, 1.54) is 12.8 Å². The Labute approximate surface area is 104 Å². The van der Waals surface area contributed by atoms with E-state index < -0.39 is 6.29 Å². The zero-order valence-electron chi connectivity index (χ0n) is 10.9. The van der Waals surface area contributed by atoms with Gasteiger partial charge in [-0.3, -0.25) is 0 Å². The number of rotatable bonds is 13. The van der Waals surface area contributed by atoms with E-state index in [4.69, 9.17) is 9.99 Å². The number of hydrogen-bond donors (Lipinski definition) is 1. The van der Waals surface area contributed by atoms with Crippen LogP contribution in [-0.4, -0.2) is 24.4 Å². The molecule has 0 aromatic rings. The van der Waals surface area contributed by atoms with Crippen molar-refractivity contribution in [2.24, 2.45) is 0 Å². The van der Waals surface area contributed by atoms with Gasteiger partial charge in [0.1, 0.15) is 6.29 Å². The maximum atomic E-state index is 10.1. The maximum absolute atomic E-state index is 10.1. The molecule has 0 aromatic carbocycles. The van der Waals surface area contributed by atoms with Gasteiger partial charge in [-0.15, -0.1) is 0 Å². The summed E-state index contributed by atoms with van der Waals surface area (Å²) in [7, 11) is 0. The predicted molar refractivity (Wildman–Crippen MR) is 66.7 cm³/mol. The van der Waals surface area contributed by atoms with E-state index in [1.807, 2.05) is 6.92 Å². The largest absolute Gasteiger partial charge is 0.350 e.